The highest BCUT2D eigenvalue weighted by Crippen LogP contribution is 2.28. The van der Waals surface area contributed by atoms with Crippen molar-refractivity contribution in [2.45, 2.75) is 57.3 Å². The molecule has 2 saturated heterocycles. The molecule has 9 nitrogen and oxygen atoms in total. The Morgan fingerprint density at radius 2 is 2.23 bits per heavy atom. The van der Waals surface area contributed by atoms with Crippen LogP contribution < -0.4 is 5.32 Å². The van der Waals surface area contributed by atoms with Gasteiger partial charge < -0.3 is 19.9 Å². The first kappa shape index (κ1) is 17.3. The summed E-state index contributed by atoms with van der Waals surface area (Å²) in [5, 5.41) is 11.5. The summed E-state index contributed by atoms with van der Waals surface area (Å²) in [4.78, 5) is 28.6. The van der Waals surface area contributed by atoms with Crippen LogP contribution in [0.25, 0.3) is 0 Å². The molecule has 1 aromatic rings. The molecular weight excluding hydrogens is 336 g/mol. The number of urea groups is 1. The van der Waals surface area contributed by atoms with Crippen LogP contribution in [0, 0.1) is 0 Å². The highest BCUT2D eigenvalue weighted by molar-refractivity contribution is 5.82. The van der Waals surface area contributed by atoms with Crippen molar-refractivity contribution in [1.29, 1.82) is 0 Å². The lowest BCUT2D eigenvalue weighted by Gasteiger charge is -2.34. The number of nitrogens with zero attached hydrogens (tertiary/aromatic N) is 5. The van der Waals surface area contributed by atoms with E-state index in [0.29, 0.717) is 32.7 Å². The number of fused-ring (bicyclic) bond motifs is 2. The number of hydrogen-bond donors (Lipinski definition) is 1. The van der Waals surface area contributed by atoms with Crippen molar-refractivity contribution >= 4 is 11.9 Å². The third-order valence-electron chi connectivity index (χ3n) is 5.71. The normalized spacial score (nSPS) is 25.2. The number of rotatable bonds is 4. The van der Waals surface area contributed by atoms with Crippen LogP contribution in [0.15, 0.2) is 0 Å². The van der Waals surface area contributed by atoms with Crippen LogP contribution in [0.2, 0.25) is 0 Å². The molecule has 3 aliphatic rings. The van der Waals surface area contributed by atoms with Gasteiger partial charge in [0.25, 0.3) is 0 Å². The van der Waals surface area contributed by atoms with E-state index in [2.05, 4.69) is 15.6 Å². The van der Waals surface area contributed by atoms with E-state index >= 15 is 0 Å². The molecule has 1 N–H and O–H groups in total. The Balaban J connectivity index is 1.37. The van der Waals surface area contributed by atoms with E-state index in [1.807, 2.05) is 9.58 Å². The van der Waals surface area contributed by atoms with Gasteiger partial charge in [-0.2, -0.15) is 0 Å². The van der Waals surface area contributed by atoms with Crippen LogP contribution in [-0.4, -0.2) is 75.6 Å². The van der Waals surface area contributed by atoms with Gasteiger partial charge in [0, 0.05) is 33.0 Å². The van der Waals surface area contributed by atoms with Gasteiger partial charge in [-0.05, 0) is 19.3 Å². The zero-order chi connectivity index (χ0) is 18.1. The summed E-state index contributed by atoms with van der Waals surface area (Å²) in [6.07, 6.45) is 4.32. The van der Waals surface area contributed by atoms with Gasteiger partial charge in [0.05, 0.1) is 37.5 Å². The number of methoxy groups -OCH3 is 1. The Morgan fingerprint density at radius 1 is 1.35 bits per heavy atom. The Morgan fingerprint density at radius 3 is 3.08 bits per heavy atom. The number of hydrogen-bond acceptors (Lipinski definition) is 5. The first-order valence-corrected chi connectivity index (χ1v) is 9.42. The molecule has 0 aromatic carbocycles. The molecule has 26 heavy (non-hydrogen) atoms. The highest BCUT2D eigenvalue weighted by atomic mass is 16.5. The van der Waals surface area contributed by atoms with Gasteiger partial charge in [-0.3, -0.25) is 4.79 Å². The molecule has 2 fully saturated rings. The average molecular weight is 362 g/mol. The zero-order valence-corrected chi connectivity index (χ0v) is 15.2. The zero-order valence-electron chi connectivity index (χ0n) is 15.2. The smallest absolute Gasteiger partial charge is 0.318 e. The van der Waals surface area contributed by atoms with Crippen molar-refractivity contribution in [2.24, 2.45) is 0 Å². The lowest BCUT2D eigenvalue weighted by atomic mass is 9.99. The molecular formula is C17H26N6O3. The molecule has 0 spiro atoms. The highest BCUT2D eigenvalue weighted by Gasteiger charge is 2.42. The fourth-order valence-electron chi connectivity index (χ4n) is 4.32. The Labute approximate surface area is 152 Å². The number of aromatic nitrogens is 3. The van der Waals surface area contributed by atoms with Crippen LogP contribution in [0.5, 0.6) is 0 Å². The summed E-state index contributed by atoms with van der Waals surface area (Å²) in [5.74, 6) is 0.169. The summed E-state index contributed by atoms with van der Waals surface area (Å²) in [6.45, 7) is 3.19. The van der Waals surface area contributed by atoms with Crippen LogP contribution in [0.1, 0.15) is 37.1 Å². The molecule has 9 heteroatoms. The van der Waals surface area contributed by atoms with E-state index in [1.54, 1.807) is 12.0 Å². The molecule has 3 aliphatic heterocycles. The summed E-state index contributed by atoms with van der Waals surface area (Å²) in [6, 6.07) is -0.0168. The van der Waals surface area contributed by atoms with E-state index < -0.39 is 0 Å². The van der Waals surface area contributed by atoms with Crippen LogP contribution in [0.3, 0.4) is 0 Å². The number of carbonyl (C=O) groups excluding carboxylic acids is 2. The van der Waals surface area contributed by atoms with Crippen molar-refractivity contribution < 1.29 is 14.3 Å². The SMILES string of the molecule is COCCn1nnc2c1CCN(C(=O)NC1CC(=O)N3CCCCC13)C2. The average Bonchev–Trinajstić information content (AvgIpc) is 3.21. The second-order valence-corrected chi connectivity index (χ2v) is 7.28. The molecule has 142 valence electrons. The van der Waals surface area contributed by atoms with Gasteiger partial charge in [0.1, 0.15) is 5.69 Å². The molecule has 2 unspecified atom stereocenters. The van der Waals surface area contributed by atoms with Gasteiger partial charge in [0.15, 0.2) is 0 Å². The third-order valence-corrected chi connectivity index (χ3v) is 5.71. The third kappa shape index (κ3) is 3.15. The van der Waals surface area contributed by atoms with E-state index in [0.717, 1.165) is 43.6 Å². The second kappa shape index (κ2) is 7.22. The Kier molecular flexibility index (Phi) is 4.80. The van der Waals surface area contributed by atoms with Crippen LogP contribution >= 0.6 is 0 Å². The topological polar surface area (TPSA) is 92.6 Å². The quantitative estimate of drug-likeness (QED) is 0.823. The largest absolute Gasteiger partial charge is 0.383 e. The van der Waals surface area contributed by atoms with Gasteiger partial charge in [-0.1, -0.05) is 5.21 Å². The van der Waals surface area contributed by atoms with Crippen molar-refractivity contribution in [3.05, 3.63) is 11.4 Å². The van der Waals surface area contributed by atoms with E-state index in [1.165, 1.54) is 0 Å². The Bertz CT molecular complexity index is 690. The van der Waals surface area contributed by atoms with Crippen molar-refractivity contribution in [1.82, 2.24) is 30.1 Å². The van der Waals surface area contributed by atoms with Gasteiger partial charge in [-0.15, -0.1) is 5.10 Å². The second-order valence-electron chi connectivity index (χ2n) is 7.28. The van der Waals surface area contributed by atoms with Crippen molar-refractivity contribution in [3.63, 3.8) is 0 Å². The van der Waals surface area contributed by atoms with Crippen LogP contribution in [-0.2, 0) is 29.0 Å². The molecule has 0 radical (unpaired) electrons. The molecule has 4 heterocycles. The predicted octanol–water partition coefficient (Wildman–Crippen LogP) is 0.146. The number of nitrogens with one attached hydrogen (secondary N) is 1. The first-order valence-electron chi connectivity index (χ1n) is 9.42. The molecule has 4 rings (SSSR count). The maximum atomic E-state index is 12.7. The predicted molar refractivity (Wildman–Crippen MR) is 92.3 cm³/mol. The van der Waals surface area contributed by atoms with Gasteiger partial charge in [-0.25, -0.2) is 9.48 Å². The number of ether oxygens (including phenoxy) is 1. The number of piperidine rings is 1. The van der Waals surface area contributed by atoms with Crippen molar-refractivity contribution in [3.8, 4) is 0 Å². The van der Waals surface area contributed by atoms with Crippen LogP contribution in [0.4, 0.5) is 4.79 Å². The molecule has 3 amide bonds. The monoisotopic (exact) mass is 362 g/mol. The maximum absolute atomic E-state index is 12.7. The van der Waals surface area contributed by atoms with E-state index in [4.69, 9.17) is 4.74 Å². The standard InChI is InChI=1S/C17H26N6O3/c1-26-9-8-23-15-5-7-21(11-13(15)19-20-23)17(25)18-12-10-16(24)22-6-3-2-4-14(12)22/h12,14H,2-11H2,1H3,(H,18,25). The van der Waals surface area contributed by atoms with Crippen molar-refractivity contribution in [2.75, 3.05) is 26.8 Å². The molecule has 2 atom stereocenters. The summed E-state index contributed by atoms with van der Waals surface area (Å²) in [5.41, 5.74) is 1.94. The molecule has 0 bridgehead atoms. The fourth-order valence-corrected chi connectivity index (χ4v) is 4.32. The molecule has 0 saturated carbocycles. The Hall–Kier alpha value is -2.16. The van der Waals surface area contributed by atoms with Gasteiger partial charge >= 0.3 is 6.03 Å². The minimum atomic E-state index is -0.104. The summed E-state index contributed by atoms with van der Waals surface area (Å²) >= 11 is 0. The minimum Gasteiger partial charge on any atom is -0.383 e. The maximum Gasteiger partial charge on any atom is 0.318 e. The fraction of sp³-hybridized carbons (Fsp3) is 0.765. The van der Waals surface area contributed by atoms with Gasteiger partial charge in [0.2, 0.25) is 5.91 Å². The summed E-state index contributed by atoms with van der Waals surface area (Å²) < 4.78 is 6.96. The van der Waals surface area contributed by atoms with E-state index in [9.17, 15) is 9.59 Å². The molecule has 0 aliphatic carbocycles. The lowest BCUT2D eigenvalue weighted by Crippen LogP contribution is -2.51. The number of amides is 3. The summed E-state index contributed by atoms with van der Waals surface area (Å²) in [7, 11) is 1.66. The lowest BCUT2D eigenvalue weighted by molar-refractivity contribution is -0.129. The van der Waals surface area contributed by atoms with E-state index in [-0.39, 0.29) is 24.0 Å². The number of carbonyl (C=O) groups is 2. The minimum absolute atomic E-state index is 0.0749. The molecule has 1 aromatic heterocycles. The first-order chi connectivity index (χ1) is 12.7.